The molecule has 0 spiro atoms. The third-order valence-corrected chi connectivity index (χ3v) is 3.14. The lowest BCUT2D eigenvalue weighted by Gasteiger charge is -2.03. The first-order chi connectivity index (χ1) is 8.79. The molecule has 1 heteroatoms. The lowest BCUT2D eigenvalue weighted by molar-refractivity contribution is 0.0982. The van der Waals surface area contributed by atoms with Gasteiger partial charge in [0.05, 0.1) is 0 Å². The average Bonchev–Trinajstić information content (AvgIpc) is 2.46. The number of hydrogen-bond donors (Lipinski definition) is 0. The van der Waals surface area contributed by atoms with Gasteiger partial charge in [-0.15, -0.1) is 0 Å². The van der Waals surface area contributed by atoms with Gasteiger partial charge in [0.25, 0.3) is 0 Å². The molecule has 0 heterocycles. The fourth-order valence-corrected chi connectivity index (χ4v) is 2.01. The van der Waals surface area contributed by atoms with Gasteiger partial charge < -0.3 is 0 Å². The number of hydrogen-bond acceptors (Lipinski definition) is 1. The van der Waals surface area contributed by atoms with Gasteiger partial charge in [-0.1, -0.05) is 55.5 Å². The number of Topliss-reactive ketones (excluding diaryl/α,β-unsaturated/α-hetero) is 1. The number of carbonyl (C=O) groups excluding carboxylic acids is 1. The Kier molecular flexibility index (Phi) is 4.30. The van der Waals surface area contributed by atoms with E-state index in [1.54, 1.807) is 0 Å². The Morgan fingerprint density at radius 1 is 0.944 bits per heavy atom. The molecular formula is C17H18O. The quantitative estimate of drug-likeness (QED) is 0.718. The predicted octanol–water partition coefficient (Wildman–Crippen LogP) is 4.06. The number of benzene rings is 2. The van der Waals surface area contributed by atoms with Crippen molar-refractivity contribution in [2.75, 3.05) is 0 Å². The average molecular weight is 238 g/mol. The highest BCUT2D eigenvalue weighted by Crippen LogP contribution is 2.11. The summed E-state index contributed by atoms with van der Waals surface area (Å²) in [6.45, 7) is 2.10. The molecule has 2 rings (SSSR count). The van der Waals surface area contributed by atoms with Crippen LogP contribution in [0.15, 0.2) is 54.6 Å². The Morgan fingerprint density at radius 3 is 2.39 bits per heavy atom. The lowest BCUT2D eigenvalue weighted by Crippen LogP contribution is -2.01. The number of carbonyl (C=O) groups is 1. The molecule has 0 amide bonds. The maximum atomic E-state index is 12.1. The van der Waals surface area contributed by atoms with Crippen LogP contribution in [-0.2, 0) is 12.8 Å². The van der Waals surface area contributed by atoms with Gasteiger partial charge in [-0.05, 0) is 30.0 Å². The van der Waals surface area contributed by atoms with Gasteiger partial charge in [-0.3, -0.25) is 4.79 Å². The minimum atomic E-state index is 0.231. The van der Waals surface area contributed by atoms with E-state index < -0.39 is 0 Å². The van der Waals surface area contributed by atoms with Gasteiger partial charge >= 0.3 is 0 Å². The summed E-state index contributed by atoms with van der Waals surface area (Å²) in [5.74, 6) is 0.231. The largest absolute Gasteiger partial charge is 0.294 e. The first-order valence-electron chi connectivity index (χ1n) is 6.45. The SMILES string of the molecule is CCc1cccc(C(=O)CCc2ccccc2)c1. The summed E-state index contributed by atoms with van der Waals surface area (Å²) in [4.78, 5) is 12.1. The van der Waals surface area contributed by atoms with Gasteiger partial charge in [0.2, 0.25) is 0 Å². The summed E-state index contributed by atoms with van der Waals surface area (Å²) in [5.41, 5.74) is 3.28. The summed E-state index contributed by atoms with van der Waals surface area (Å²) in [6.07, 6.45) is 2.37. The van der Waals surface area contributed by atoms with Crippen molar-refractivity contribution >= 4 is 5.78 Å². The van der Waals surface area contributed by atoms with Crippen molar-refractivity contribution in [1.29, 1.82) is 0 Å². The molecular weight excluding hydrogens is 220 g/mol. The van der Waals surface area contributed by atoms with E-state index in [4.69, 9.17) is 0 Å². The van der Waals surface area contributed by atoms with E-state index in [-0.39, 0.29) is 5.78 Å². The zero-order valence-corrected chi connectivity index (χ0v) is 10.7. The van der Waals surface area contributed by atoms with Crippen LogP contribution >= 0.6 is 0 Å². The molecule has 18 heavy (non-hydrogen) atoms. The van der Waals surface area contributed by atoms with E-state index in [0.717, 1.165) is 18.4 Å². The van der Waals surface area contributed by atoms with Gasteiger partial charge in [0.1, 0.15) is 0 Å². The van der Waals surface area contributed by atoms with E-state index in [9.17, 15) is 4.79 Å². The summed E-state index contributed by atoms with van der Waals surface area (Å²) >= 11 is 0. The molecule has 0 saturated heterocycles. The minimum Gasteiger partial charge on any atom is -0.294 e. The topological polar surface area (TPSA) is 17.1 Å². The van der Waals surface area contributed by atoms with Crippen molar-refractivity contribution in [3.05, 3.63) is 71.3 Å². The summed E-state index contributed by atoms with van der Waals surface area (Å²) in [6, 6.07) is 18.1. The Hall–Kier alpha value is -1.89. The molecule has 0 aliphatic rings. The fraction of sp³-hybridized carbons (Fsp3) is 0.235. The molecule has 2 aromatic rings. The van der Waals surface area contributed by atoms with E-state index >= 15 is 0 Å². The summed E-state index contributed by atoms with van der Waals surface area (Å²) in [5, 5.41) is 0. The maximum absolute atomic E-state index is 12.1. The summed E-state index contributed by atoms with van der Waals surface area (Å²) in [7, 11) is 0. The molecule has 0 atom stereocenters. The second-order valence-corrected chi connectivity index (χ2v) is 4.46. The van der Waals surface area contributed by atoms with E-state index in [0.29, 0.717) is 6.42 Å². The van der Waals surface area contributed by atoms with E-state index in [1.165, 1.54) is 11.1 Å². The number of aryl methyl sites for hydroxylation is 2. The normalized spacial score (nSPS) is 10.3. The van der Waals surface area contributed by atoms with Gasteiger partial charge in [-0.25, -0.2) is 0 Å². The van der Waals surface area contributed by atoms with Crippen molar-refractivity contribution in [1.82, 2.24) is 0 Å². The Bertz CT molecular complexity index is 514. The highest BCUT2D eigenvalue weighted by Gasteiger charge is 2.06. The Balaban J connectivity index is 1.99. The molecule has 0 N–H and O–H groups in total. The van der Waals surface area contributed by atoms with Crippen LogP contribution in [0.1, 0.15) is 34.8 Å². The molecule has 0 aromatic heterocycles. The molecule has 0 saturated carbocycles. The maximum Gasteiger partial charge on any atom is 0.163 e. The second kappa shape index (κ2) is 6.15. The molecule has 0 unspecified atom stereocenters. The zero-order valence-electron chi connectivity index (χ0n) is 10.7. The first kappa shape index (κ1) is 12.6. The first-order valence-corrected chi connectivity index (χ1v) is 6.45. The molecule has 0 radical (unpaired) electrons. The van der Waals surface area contributed by atoms with Crippen molar-refractivity contribution in [2.45, 2.75) is 26.2 Å². The van der Waals surface area contributed by atoms with Crippen molar-refractivity contribution in [2.24, 2.45) is 0 Å². The van der Waals surface area contributed by atoms with Crippen LogP contribution in [0.3, 0.4) is 0 Å². The van der Waals surface area contributed by atoms with Crippen LogP contribution in [-0.4, -0.2) is 5.78 Å². The van der Waals surface area contributed by atoms with Gasteiger partial charge in [0, 0.05) is 12.0 Å². The second-order valence-electron chi connectivity index (χ2n) is 4.46. The van der Waals surface area contributed by atoms with Crippen LogP contribution in [0.2, 0.25) is 0 Å². The van der Waals surface area contributed by atoms with Crippen molar-refractivity contribution in [3.8, 4) is 0 Å². The minimum absolute atomic E-state index is 0.231. The number of ketones is 1. The monoisotopic (exact) mass is 238 g/mol. The van der Waals surface area contributed by atoms with Crippen LogP contribution in [0, 0.1) is 0 Å². The molecule has 0 aliphatic carbocycles. The molecule has 1 nitrogen and oxygen atoms in total. The number of rotatable bonds is 5. The molecule has 92 valence electrons. The predicted molar refractivity (Wildman–Crippen MR) is 74.9 cm³/mol. The molecule has 2 aromatic carbocycles. The molecule has 0 aliphatic heterocycles. The van der Waals surface area contributed by atoms with Gasteiger partial charge in [-0.2, -0.15) is 0 Å². The third kappa shape index (κ3) is 3.30. The standard InChI is InChI=1S/C17H18O/c1-2-14-9-6-10-16(13-14)17(18)12-11-15-7-4-3-5-8-15/h3-10,13H,2,11-12H2,1H3. The van der Waals surface area contributed by atoms with E-state index in [2.05, 4.69) is 25.1 Å². The molecule has 0 bridgehead atoms. The van der Waals surface area contributed by atoms with Crippen LogP contribution < -0.4 is 0 Å². The van der Waals surface area contributed by atoms with Crippen molar-refractivity contribution in [3.63, 3.8) is 0 Å². The van der Waals surface area contributed by atoms with Crippen LogP contribution in [0.4, 0.5) is 0 Å². The third-order valence-electron chi connectivity index (χ3n) is 3.14. The Morgan fingerprint density at radius 2 is 1.67 bits per heavy atom. The van der Waals surface area contributed by atoms with E-state index in [1.807, 2.05) is 36.4 Å². The van der Waals surface area contributed by atoms with Crippen molar-refractivity contribution < 1.29 is 4.79 Å². The lowest BCUT2D eigenvalue weighted by atomic mass is 10.0. The zero-order chi connectivity index (χ0) is 12.8. The smallest absolute Gasteiger partial charge is 0.163 e. The fourth-order valence-electron chi connectivity index (χ4n) is 2.01. The highest BCUT2D eigenvalue weighted by molar-refractivity contribution is 5.96. The Labute approximate surface area is 108 Å². The summed E-state index contributed by atoms with van der Waals surface area (Å²) < 4.78 is 0. The van der Waals surface area contributed by atoms with Crippen LogP contribution in [0.5, 0.6) is 0 Å². The van der Waals surface area contributed by atoms with Crippen LogP contribution in [0.25, 0.3) is 0 Å². The van der Waals surface area contributed by atoms with Gasteiger partial charge in [0.15, 0.2) is 5.78 Å². The molecule has 0 fully saturated rings. The highest BCUT2D eigenvalue weighted by atomic mass is 16.1.